The fraction of sp³-hybridized carbons (Fsp3) is 0.500. The largest absolute Gasteiger partial charge is 0.573 e. The zero-order chi connectivity index (χ0) is 17.0. The van der Waals surface area contributed by atoms with E-state index >= 15 is 0 Å². The number of alkyl halides is 3. The highest BCUT2D eigenvalue weighted by Gasteiger charge is 2.32. The predicted octanol–water partition coefficient (Wildman–Crippen LogP) is 3.64. The Morgan fingerprint density at radius 3 is 2.57 bits per heavy atom. The number of hydrogen-bond acceptors (Lipinski definition) is 3. The standard InChI is InChI=1S/C16H20F4N2O/c1-11(2)9-15(22-7-5-21-6-8-22)13-10-12(3-4-14(13)17)23-16(18,19)20/h3-4,10,15,21H,1,5-9H2,2H3/t15-/m0/s1. The van der Waals surface area contributed by atoms with E-state index in [9.17, 15) is 17.6 Å². The summed E-state index contributed by atoms with van der Waals surface area (Å²) in [6.45, 7) is 8.58. The third kappa shape index (κ3) is 5.21. The number of ether oxygens (including phenoxy) is 1. The van der Waals surface area contributed by atoms with Gasteiger partial charge in [0, 0.05) is 37.8 Å². The molecule has 0 unspecified atom stereocenters. The van der Waals surface area contributed by atoms with Gasteiger partial charge in [0.25, 0.3) is 0 Å². The molecule has 0 amide bonds. The van der Waals surface area contributed by atoms with Gasteiger partial charge < -0.3 is 10.1 Å². The molecule has 1 saturated heterocycles. The van der Waals surface area contributed by atoms with Crippen LogP contribution in [0.2, 0.25) is 0 Å². The van der Waals surface area contributed by atoms with E-state index in [2.05, 4.69) is 21.5 Å². The highest BCUT2D eigenvalue weighted by Crippen LogP contribution is 2.33. The molecule has 0 bridgehead atoms. The SMILES string of the molecule is C=C(C)C[C@@H](c1cc(OC(F)(F)F)ccc1F)N1CCNCC1. The first-order valence-electron chi connectivity index (χ1n) is 7.40. The molecule has 0 aliphatic carbocycles. The maximum atomic E-state index is 14.2. The molecule has 1 fully saturated rings. The summed E-state index contributed by atoms with van der Waals surface area (Å²) in [5.41, 5.74) is 1.05. The third-order valence-electron chi connectivity index (χ3n) is 3.69. The molecule has 3 nitrogen and oxygen atoms in total. The summed E-state index contributed by atoms with van der Waals surface area (Å²) in [6, 6.07) is 2.79. The molecule has 1 N–H and O–H groups in total. The lowest BCUT2D eigenvalue weighted by Gasteiger charge is -2.35. The lowest BCUT2D eigenvalue weighted by atomic mass is 9.97. The van der Waals surface area contributed by atoms with Gasteiger partial charge in [-0.25, -0.2) is 4.39 Å². The Hall–Kier alpha value is -1.60. The maximum Gasteiger partial charge on any atom is 0.573 e. The molecule has 128 valence electrons. The van der Waals surface area contributed by atoms with Gasteiger partial charge in [0.2, 0.25) is 0 Å². The van der Waals surface area contributed by atoms with E-state index in [1.165, 1.54) is 0 Å². The minimum absolute atomic E-state index is 0.205. The quantitative estimate of drug-likeness (QED) is 0.658. The van der Waals surface area contributed by atoms with Crippen LogP contribution >= 0.6 is 0 Å². The van der Waals surface area contributed by atoms with Crippen molar-refractivity contribution < 1.29 is 22.3 Å². The average molecular weight is 332 g/mol. The Bertz CT molecular complexity index is 554. The van der Waals surface area contributed by atoms with Crippen LogP contribution in [0.25, 0.3) is 0 Å². The minimum Gasteiger partial charge on any atom is -0.406 e. The second-order valence-electron chi connectivity index (χ2n) is 5.69. The number of rotatable bonds is 5. The van der Waals surface area contributed by atoms with E-state index in [-0.39, 0.29) is 11.6 Å². The lowest BCUT2D eigenvalue weighted by Crippen LogP contribution is -2.45. The van der Waals surface area contributed by atoms with E-state index in [1.807, 2.05) is 6.92 Å². The van der Waals surface area contributed by atoms with Crippen LogP contribution in [0.5, 0.6) is 5.75 Å². The van der Waals surface area contributed by atoms with Gasteiger partial charge in [-0.2, -0.15) is 0 Å². The van der Waals surface area contributed by atoms with Gasteiger partial charge in [0.05, 0.1) is 0 Å². The molecule has 7 heteroatoms. The van der Waals surface area contributed by atoms with Crippen molar-refractivity contribution in [2.75, 3.05) is 26.2 Å². The summed E-state index contributed by atoms with van der Waals surface area (Å²) in [5, 5.41) is 3.20. The van der Waals surface area contributed by atoms with Gasteiger partial charge in [0.15, 0.2) is 0 Å². The molecule has 0 spiro atoms. The van der Waals surface area contributed by atoms with Crippen molar-refractivity contribution in [2.24, 2.45) is 0 Å². The molecule has 2 rings (SSSR count). The number of piperazine rings is 1. The average Bonchev–Trinajstić information content (AvgIpc) is 2.46. The van der Waals surface area contributed by atoms with Crippen LogP contribution in [0.4, 0.5) is 17.6 Å². The van der Waals surface area contributed by atoms with E-state index in [1.54, 1.807) is 0 Å². The molecule has 1 aliphatic rings. The number of nitrogens with one attached hydrogen (secondary N) is 1. The van der Waals surface area contributed by atoms with Gasteiger partial charge in [-0.15, -0.1) is 19.8 Å². The Morgan fingerprint density at radius 2 is 2.00 bits per heavy atom. The zero-order valence-electron chi connectivity index (χ0n) is 12.9. The first-order valence-corrected chi connectivity index (χ1v) is 7.40. The van der Waals surface area contributed by atoms with Crippen molar-refractivity contribution in [3.63, 3.8) is 0 Å². The fourth-order valence-corrected chi connectivity index (χ4v) is 2.73. The van der Waals surface area contributed by atoms with Crippen molar-refractivity contribution in [2.45, 2.75) is 25.7 Å². The Balaban J connectivity index is 2.32. The Morgan fingerprint density at radius 1 is 1.35 bits per heavy atom. The molecule has 1 aliphatic heterocycles. The highest BCUT2D eigenvalue weighted by molar-refractivity contribution is 5.33. The summed E-state index contributed by atoms with van der Waals surface area (Å²) in [7, 11) is 0. The Labute approximate surface area is 132 Å². The zero-order valence-corrected chi connectivity index (χ0v) is 12.9. The van der Waals surface area contributed by atoms with Crippen LogP contribution < -0.4 is 10.1 Å². The molecule has 1 atom stereocenters. The van der Waals surface area contributed by atoms with E-state index in [0.29, 0.717) is 19.5 Å². The van der Waals surface area contributed by atoms with Crippen LogP contribution in [-0.2, 0) is 0 Å². The van der Waals surface area contributed by atoms with E-state index in [4.69, 9.17) is 0 Å². The number of nitrogens with zero attached hydrogens (tertiary/aromatic N) is 1. The molecule has 1 heterocycles. The summed E-state index contributed by atoms with van der Waals surface area (Å²) < 4.78 is 55.3. The van der Waals surface area contributed by atoms with E-state index < -0.39 is 17.9 Å². The molecule has 1 aromatic rings. The normalized spacial score (nSPS) is 17.8. The lowest BCUT2D eigenvalue weighted by molar-refractivity contribution is -0.274. The van der Waals surface area contributed by atoms with Gasteiger partial charge in [-0.1, -0.05) is 5.57 Å². The van der Waals surface area contributed by atoms with Gasteiger partial charge in [-0.05, 0) is 31.5 Å². The second kappa shape index (κ2) is 7.31. The molecule has 1 aromatic carbocycles. The first-order chi connectivity index (χ1) is 10.8. The van der Waals surface area contributed by atoms with Crippen LogP contribution in [0, 0.1) is 5.82 Å². The monoisotopic (exact) mass is 332 g/mol. The van der Waals surface area contributed by atoms with Gasteiger partial charge >= 0.3 is 6.36 Å². The fourth-order valence-electron chi connectivity index (χ4n) is 2.73. The maximum absolute atomic E-state index is 14.2. The van der Waals surface area contributed by atoms with Gasteiger partial charge in [-0.3, -0.25) is 4.90 Å². The summed E-state index contributed by atoms with van der Waals surface area (Å²) in [4.78, 5) is 2.06. The predicted molar refractivity (Wildman–Crippen MR) is 79.7 cm³/mol. The topological polar surface area (TPSA) is 24.5 Å². The second-order valence-corrected chi connectivity index (χ2v) is 5.69. The van der Waals surface area contributed by atoms with Crippen molar-refractivity contribution >= 4 is 0 Å². The van der Waals surface area contributed by atoms with Crippen molar-refractivity contribution in [1.29, 1.82) is 0 Å². The van der Waals surface area contributed by atoms with Crippen LogP contribution in [0.1, 0.15) is 24.9 Å². The number of benzene rings is 1. The number of hydrogen-bond donors (Lipinski definition) is 1. The number of halogens is 4. The third-order valence-corrected chi connectivity index (χ3v) is 3.69. The van der Waals surface area contributed by atoms with Crippen molar-refractivity contribution in [3.8, 4) is 5.75 Å². The molecular weight excluding hydrogens is 312 g/mol. The molecule has 0 aromatic heterocycles. The van der Waals surface area contributed by atoms with Crippen LogP contribution in [-0.4, -0.2) is 37.4 Å². The summed E-state index contributed by atoms with van der Waals surface area (Å²) in [5.74, 6) is -0.944. The molecule has 0 saturated carbocycles. The smallest absolute Gasteiger partial charge is 0.406 e. The minimum atomic E-state index is -4.80. The summed E-state index contributed by atoms with van der Waals surface area (Å²) in [6.07, 6.45) is -4.32. The van der Waals surface area contributed by atoms with Gasteiger partial charge in [0.1, 0.15) is 11.6 Å². The summed E-state index contributed by atoms with van der Waals surface area (Å²) >= 11 is 0. The molecule has 23 heavy (non-hydrogen) atoms. The molecular formula is C16H20F4N2O. The van der Waals surface area contributed by atoms with Crippen molar-refractivity contribution in [3.05, 3.63) is 41.7 Å². The van der Waals surface area contributed by atoms with E-state index in [0.717, 1.165) is 36.9 Å². The first kappa shape index (κ1) is 17.7. The van der Waals surface area contributed by atoms with Crippen LogP contribution in [0.15, 0.2) is 30.4 Å². The van der Waals surface area contributed by atoms with Crippen molar-refractivity contribution in [1.82, 2.24) is 10.2 Å². The highest BCUT2D eigenvalue weighted by atomic mass is 19.4. The van der Waals surface area contributed by atoms with Crippen LogP contribution in [0.3, 0.4) is 0 Å². The Kier molecular flexibility index (Phi) is 5.64. The molecule has 0 radical (unpaired) electrons.